The molecule has 2 amide bonds. The molecule has 0 bridgehead atoms. The van der Waals surface area contributed by atoms with Crippen LogP contribution in [-0.4, -0.2) is 25.0 Å². The minimum absolute atomic E-state index is 0.216. The average Bonchev–Trinajstić information content (AvgIpc) is 2.76. The van der Waals surface area contributed by atoms with Crippen LogP contribution in [0.25, 0.3) is 10.8 Å². The van der Waals surface area contributed by atoms with Gasteiger partial charge in [0, 0.05) is 4.47 Å². The van der Waals surface area contributed by atoms with Gasteiger partial charge in [-0.2, -0.15) is 0 Å². The minimum atomic E-state index is -0.469. The van der Waals surface area contributed by atoms with Crippen LogP contribution in [-0.2, 0) is 9.59 Å². The predicted octanol–water partition coefficient (Wildman–Crippen LogP) is 4.64. The van der Waals surface area contributed by atoms with E-state index >= 15 is 0 Å². The van der Waals surface area contributed by atoms with Gasteiger partial charge in [-0.1, -0.05) is 60.1 Å². The lowest BCUT2D eigenvalue weighted by atomic mass is 10.0. The normalized spacial score (nSPS) is 10.7. The maximum Gasteiger partial charge on any atom is 0.276 e. The minimum Gasteiger partial charge on any atom is -0.484 e. The lowest BCUT2D eigenvalue weighted by Gasteiger charge is -2.16. The van der Waals surface area contributed by atoms with Crippen molar-refractivity contribution in [1.82, 2.24) is 10.9 Å². The molecule has 3 aromatic carbocycles. The highest BCUT2D eigenvalue weighted by Gasteiger charge is 2.13. The molecule has 0 aromatic heterocycles. The smallest absolute Gasteiger partial charge is 0.276 e. The number of hydrazine groups is 1. The third-order valence-electron chi connectivity index (χ3n) is 4.70. The van der Waals surface area contributed by atoms with E-state index in [0.717, 1.165) is 26.4 Å². The number of benzene rings is 3. The molecule has 0 saturated heterocycles. The lowest BCUT2D eigenvalue weighted by molar-refractivity contribution is -0.131. The zero-order valence-electron chi connectivity index (χ0n) is 17.7. The third kappa shape index (κ3) is 6.21. The first-order chi connectivity index (χ1) is 14.8. The van der Waals surface area contributed by atoms with Crippen LogP contribution in [0, 0.1) is 6.92 Å². The van der Waals surface area contributed by atoms with E-state index in [1.54, 1.807) is 6.07 Å². The van der Waals surface area contributed by atoms with Crippen molar-refractivity contribution >= 4 is 38.5 Å². The molecule has 0 fully saturated rings. The number of nitrogens with one attached hydrogen (secondary N) is 2. The number of carbonyl (C=O) groups excluding carboxylic acids is 2. The molecule has 0 saturated carbocycles. The summed E-state index contributed by atoms with van der Waals surface area (Å²) in [6.07, 6.45) is 0. The number of carbonyl (C=O) groups is 2. The summed E-state index contributed by atoms with van der Waals surface area (Å²) in [6, 6.07) is 17.4. The Morgan fingerprint density at radius 2 is 1.55 bits per heavy atom. The molecule has 6 nitrogen and oxygen atoms in total. The summed E-state index contributed by atoms with van der Waals surface area (Å²) in [4.78, 5) is 24.1. The molecule has 0 aliphatic heterocycles. The van der Waals surface area contributed by atoms with Crippen molar-refractivity contribution in [2.24, 2.45) is 0 Å². The summed E-state index contributed by atoms with van der Waals surface area (Å²) in [7, 11) is 0. The quantitative estimate of drug-likeness (QED) is 0.479. The maximum absolute atomic E-state index is 12.1. The van der Waals surface area contributed by atoms with Crippen LogP contribution < -0.4 is 20.3 Å². The van der Waals surface area contributed by atoms with Gasteiger partial charge in [0.2, 0.25) is 0 Å². The molecule has 0 aliphatic carbocycles. The monoisotopic (exact) mass is 484 g/mol. The number of hydrogen-bond donors (Lipinski definition) is 2. The second-order valence-electron chi connectivity index (χ2n) is 7.48. The summed E-state index contributed by atoms with van der Waals surface area (Å²) in [5, 5.41) is 2.11. The zero-order valence-corrected chi connectivity index (χ0v) is 19.3. The average molecular weight is 485 g/mol. The van der Waals surface area contributed by atoms with E-state index in [2.05, 4.69) is 40.6 Å². The number of ether oxygens (including phenoxy) is 2. The van der Waals surface area contributed by atoms with Gasteiger partial charge < -0.3 is 9.47 Å². The highest BCUT2D eigenvalue weighted by molar-refractivity contribution is 9.10. The zero-order chi connectivity index (χ0) is 22.4. The van der Waals surface area contributed by atoms with E-state index in [0.29, 0.717) is 11.5 Å². The van der Waals surface area contributed by atoms with Crippen LogP contribution in [0.2, 0.25) is 0 Å². The fourth-order valence-corrected chi connectivity index (χ4v) is 3.37. The molecular formula is C24H25BrN2O4. The van der Waals surface area contributed by atoms with Crippen molar-refractivity contribution in [3.8, 4) is 11.5 Å². The van der Waals surface area contributed by atoms with Gasteiger partial charge in [0.15, 0.2) is 13.2 Å². The van der Waals surface area contributed by atoms with E-state index in [1.165, 1.54) is 0 Å². The first-order valence-corrected chi connectivity index (χ1v) is 10.7. The van der Waals surface area contributed by atoms with Crippen LogP contribution >= 0.6 is 15.9 Å². The van der Waals surface area contributed by atoms with Gasteiger partial charge in [-0.25, -0.2) is 0 Å². The Kier molecular flexibility index (Phi) is 7.52. The summed E-state index contributed by atoms with van der Waals surface area (Å²) in [5.41, 5.74) is 6.68. The number of halogens is 1. The summed E-state index contributed by atoms with van der Waals surface area (Å²) in [6.45, 7) is 5.63. The molecule has 3 rings (SSSR count). The third-order valence-corrected chi connectivity index (χ3v) is 5.56. The second kappa shape index (κ2) is 10.3. The van der Waals surface area contributed by atoms with Gasteiger partial charge in [0.25, 0.3) is 11.8 Å². The van der Waals surface area contributed by atoms with Gasteiger partial charge in [0.05, 0.1) is 0 Å². The molecule has 2 N–H and O–H groups in total. The number of amides is 2. The van der Waals surface area contributed by atoms with Crippen LogP contribution in [0.15, 0.2) is 59.1 Å². The summed E-state index contributed by atoms with van der Waals surface area (Å²) >= 11 is 3.52. The highest BCUT2D eigenvalue weighted by Crippen LogP contribution is 2.32. The van der Waals surface area contributed by atoms with Crippen LogP contribution in [0.4, 0.5) is 0 Å². The Balaban J connectivity index is 1.46. The molecular weight excluding hydrogens is 460 g/mol. The molecule has 3 aromatic rings. The Bertz CT molecular complexity index is 1100. The number of fused-ring (bicyclic) bond motifs is 1. The van der Waals surface area contributed by atoms with Crippen molar-refractivity contribution in [1.29, 1.82) is 0 Å². The van der Waals surface area contributed by atoms with E-state index in [4.69, 9.17) is 9.47 Å². The first-order valence-electron chi connectivity index (χ1n) is 9.95. The van der Waals surface area contributed by atoms with Crippen molar-refractivity contribution in [2.45, 2.75) is 26.7 Å². The molecule has 0 radical (unpaired) electrons. The molecule has 0 unspecified atom stereocenters. The van der Waals surface area contributed by atoms with Gasteiger partial charge >= 0.3 is 0 Å². The maximum atomic E-state index is 12.1. The fourth-order valence-electron chi connectivity index (χ4n) is 3.01. The number of aryl methyl sites for hydroxylation is 1. The molecule has 0 aliphatic rings. The van der Waals surface area contributed by atoms with Crippen molar-refractivity contribution < 1.29 is 19.1 Å². The summed E-state index contributed by atoms with van der Waals surface area (Å²) in [5.74, 6) is 0.535. The van der Waals surface area contributed by atoms with E-state index in [9.17, 15) is 9.59 Å². The van der Waals surface area contributed by atoms with Crippen molar-refractivity contribution in [3.63, 3.8) is 0 Å². The second-order valence-corrected chi connectivity index (χ2v) is 8.33. The molecule has 0 spiro atoms. The molecule has 162 valence electrons. The molecule has 0 atom stereocenters. The van der Waals surface area contributed by atoms with Crippen LogP contribution in [0.1, 0.15) is 30.9 Å². The molecule has 0 heterocycles. The molecule has 7 heteroatoms. The van der Waals surface area contributed by atoms with E-state index in [-0.39, 0.29) is 19.1 Å². The number of rotatable bonds is 7. The first kappa shape index (κ1) is 22.6. The van der Waals surface area contributed by atoms with Gasteiger partial charge in [-0.15, -0.1) is 0 Å². The van der Waals surface area contributed by atoms with Crippen LogP contribution in [0.5, 0.6) is 11.5 Å². The van der Waals surface area contributed by atoms with Gasteiger partial charge in [0.1, 0.15) is 11.5 Å². The van der Waals surface area contributed by atoms with Crippen molar-refractivity contribution in [3.05, 3.63) is 70.2 Å². The fraction of sp³-hybridized carbons (Fsp3) is 0.250. The Morgan fingerprint density at radius 1 is 0.903 bits per heavy atom. The lowest BCUT2D eigenvalue weighted by Crippen LogP contribution is -2.45. The van der Waals surface area contributed by atoms with Gasteiger partial charge in [-0.3, -0.25) is 20.4 Å². The van der Waals surface area contributed by atoms with Gasteiger partial charge in [-0.05, 0) is 59.0 Å². The van der Waals surface area contributed by atoms with E-state index in [1.807, 2.05) is 55.5 Å². The van der Waals surface area contributed by atoms with Crippen molar-refractivity contribution in [2.75, 3.05) is 13.2 Å². The topological polar surface area (TPSA) is 76.7 Å². The molecule has 31 heavy (non-hydrogen) atoms. The Hall–Kier alpha value is -3.06. The summed E-state index contributed by atoms with van der Waals surface area (Å²) < 4.78 is 12.2. The van der Waals surface area contributed by atoms with E-state index < -0.39 is 11.8 Å². The predicted molar refractivity (Wildman–Crippen MR) is 124 cm³/mol. The van der Waals surface area contributed by atoms with Crippen LogP contribution in [0.3, 0.4) is 0 Å². The standard InChI is InChI=1S/C24H25BrN2O4/c1-15(2)20-12-21(25)16(3)10-22(20)31-14-24(29)27-26-23(28)13-30-19-9-8-17-6-4-5-7-18(17)11-19/h4-12,15H,13-14H2,1-3H3,(H,26,28)(H,27,29). The highest BCUT2D eigenvalue weighted by atomic mass is 79.9. The Morgan fingerprint density at radius 3 is 2.23 bits per heavy atom. The number of hydrogen-bond acceptors (Lipinski definition) is 4. The SMILES string of the molecule is Cc1cc(OCC(=O)NNC(=O)COc2ccc3ccccc3c2)c(C(C)C)cc1Br. The Labute approximate surface area is 190 Å². The largest absolute Gasteiger partial charge is 0.484 e.